The number of aromatic nitrogens is 1. The summed E-state index contributed by atoms with van der Waals surface area (Å²) in [6.07, 6.45) is 2.01. The SMILES string of the molecule is CCOC(=O)c1ccc(C2CCOCC2)nc1C. The van der Waals surface area contributed by atoms with Crippen LogP contribution in [0.15, 0.2) is 12.1 Å². The molecule has 0 atom stereocenters. The first-order valence-electron chi connectivity index (χ1n) is 6.44. The summed E-state index contributed by atoms with van der Waals surface area (Å²) in [4.78, 5) is 16.2. The Balaban J connectivity index is 2.16. The monoisotopic (exact) mass is 249 g/mol. The zero-order chi connectivity index (χ0) is 13.0. The first-order chi connectivity index (χ1) is 8.72. The highest BCUT2D eigenvalue weighted by molar-refractivity contribution is 5.90. The number of rotatable bonds is 3. The highest BCUT2D eigenvalue weighted by Crippen LogP contribution is 2.26. The van der Waals surface area contributed by atoms with Gasteiger partial charge in [-0.3, -0.25) is 4.98 Å². The molecule has 0 bridgehead atoms. The van der Waals surface area contributed by atoms with Crippen LogP contribution in [0.25, 0.3) is 0 Å². The Hall–Kier alpha value is -1.42. The van der Waals surface area contributed by atoms with Crippen molar-refractivity contribution in [3.8, 4) is 0 Å². The average Bonchev–Trinajstić information content (AvgIpc) is 2.40. The third-order valence-electron chi connectivity index (χ3n) is 3.24. The molecule has 1 aromatic rings. The number of carbonyl (C=O) groups is 1. The molecular formula is C14H19NO3. The molecule has 4 nitrogen and oxygen atoms in total. The van der Waals surface area contributed by atoms with Crippen LogP contribution in [-0.4, -0.2) is 30.8 Å². The number of pyridine rings is 1. The maximum absolute atomic E-state index is 11.7. The van der Waals surface area contributed by atoms with Gasteiger partial charge in [0.25, 0.3) is 0 Å². The van der Waals surface area contributed by atoms with E-state index in [4.69, 9.17) is 9.47 Å². The minimum absolute atomic E-state index is 0.291. The van der Waals surface area contributed by atoms with E-state index < -0.39 is 0 Å². The average molecular weight is 249 g/mol. The normalized spacial score (nSPS) is 16.6. The minimum atomic E-state index is -0.291. The zero-order valence-electron chi connectivity index (χ0n) is 10.9. The van der Waals surface area contributed by atoms with Crippen molar-refractivity contribution < 1.29 is 14.3 Å². The fourth-order valence-corrected chi connectivity index (χ4v) is 2.23. The summed E-state index contributed by atoms with van der Waals surface area (Å²) in [7, 11) is 0. The molecule has 0 amide bonds. The van der Waals surface area contributed by atoms with E-state index in [0.717, 1.165) is 37.4 Å². The molecule has 18 heavy (non-hydrogen) atoms. The molecule has 98 valence electrons. The second kappa shape index (κ2) is 5.96. The van der Waals surface area contributed by atoms with E-state index in [1.165, 1.54) is 0 Å². The summed E-state index contributed by atoms with van der Waals surface area (Å²) in [5.41, 5.74) is 2.37. The van der Waals surface area contributed by atoms with Crippen LogP contribution >= 0.6 is 0 Å². The van der Waals surface area contributed by atoms with Crippen molar-refractivity contribution >= 4 is 5.97 Å². The minimum Gasteiger partial charge on any atom is -0.462 e. The van der Waals surface area contributed by atoms with E-state index in [2.05, 4.69) is 4.98 Å². The van der Waals surface area contributed by atoms with Gasteiger partial charge in [-0.05, 0) is 38.8 Å². The molecule has 0 spiro atoms. The number of nitrogens with zero attached hydrogens (tertiary/aromatic N) is 1. The van der Waals surface area contributed by atoms with E-state index in [1.54, 1.807) is 6.92 Å². The second-order valence-corrected chi connectivity index (χ2v) is 4.48. The van der Waals surface area contributed by atoms with Gasteiger partial charge in [-0.15, -0.1) is 0 Å². The summed E-state index contributed by atoms with van der Waals surface area (Å²) >= 11 is 0. The molecule has 0 saturated carbocycles. The van der Waals surface area contributed by atoms with Gasteiger partial charge in [-0.25, -0.2) is 4.79 Å². The van der Waals surface area contributed by atoms with Crippen molar-refractivity contribution in [3.63, 3.8) is 0 Å². The van der Waals surface area contributed by atoms with E-state index in [-0.39, 0.29) is 5.97 Å². The molecule has 2 rings (SSSR count). The van der Waals surface area contributed by atoms with Gasteiger partial charge >= 0.3 is 5.97 Å². The summed E-state index contributed by atoms with van der Waals surface area (Å²) in [6, 6.07) is 3.76. The predicted molar refractivity (Wildman–Crippen MR) is 67.7 cm³/mol. The summed E-state index contributed by atoms with van der Waals surface area (Å²) in [5.74, 6) is 0.162. The number of carbonyl (C=O) groups excluding carboxylic acids is 1. The van der Waals surface area contributed by atoms with E-state index >= 15 is 0 Å². The van der Waals surface area contributed by atoms with Gasteiger partial charge in [0, 0.05) is 24.8 Å². The molecular weight excluding hydrogens is 230 g/mol. The lowest BCUT2D eigenvalue weighted by Gasteiger charge is -2.22. The van der Waals surface area contributed by atoms with Crippen LogP contribution in [0.5, 0.6) is 0 Å². The molecule has 0 aromatic carbocycles. The standard InChI is InChI=1S/C14H19NO3/c1-3-18-14(16)12-4-5-13(15-10(12)2)11-6-8-17-9-7-11/h4-5,11H,3,6-9H2,1-2H3. The molecule has 0 N–H and O–H groups in total. The fraction of sp³-hybridized carbons (Fsp3) is 0.571. The molecule has 1 fully saturated rings. The second-order valence-electron chi connectivity index (χ2n) is 4.48. The Morgan fingerprint density at radius 3 is 2.78 bits per heavy atom. The molecule has 0 unspecified atom stereocenters. The predicted octanol–water partition coefficient (Wildman–Crippen LogP) is 2.46. The Morgan fingerprint density at radius 2 is 2.17 bits per heavy atom. The van der Waals surface area contributed by atoms with Crippen LogP contribution in [0.1, 0.15) is 47.4 Å². The summed E-state index contributed by atoms with van der Waals surface area (Å²) in [5, 5.41) is 0. The first kappa shape index (κ1) is 13.0. The van der Waals surface area contributed by atoms with Crippen LogP contribution in [0.2, 0.25) is 0 Å². The number of esters is 1. The maximum atomic E-state index is 11.7. The lowest BCUT2D eigenvalue weighted by Crippen LogP contribution is -2.16. The van der Waals surface area contributed by atoms with Crippen molar-refractivity contribution in [2.75, 3.05) is 19.8 Å². The first-order valence-corrected chi connectivity index (χ1v) is 6.44. The van der Waals surface area contributed by atoms with Crippen LogP contribution < -0.4 is 0 Å². The largest absolute Gasteiger partial charge is 0.462 e. The smallest absolute Gasteiger partial charge is 0.339 e. The highest BCUT2D eigenvalue weighted by Gasteiger charge is 2.19. The Kier molecular flexibility index (Phi) is 4.31. The van der Waals surface area contributed by atoms with Crippen molar-refractivity contribution in [1.82, 2.24) is 4.98 Å². The summed E-state index contributed by atoms with van der Waals surface area (Å²) in [6.45, 7) is 5.64. The van der Waals surface area contributed by atoms with Crippen molar-refractivity contribution in [3.05, 3.63) is 29.1 Å². The zero-order valence-corrected chi connectivity index (χ0v) is 10.9. The third kappa shape index (κ3) is 2.88. The van der Waals surface area contributed by atoms with E-state index in [1.807, 2.05) is 19.1 Å². The molecule has 1 aromatic heterocycles. The van der Waals surface area contributed by atoms with Gasteiger partial charge in [-0.2, -0.15) is 0 Å². The molecule has 0 aliphatic carbocycles. The molecule has 1 aliphatic rings. The lowest BCUT2D eigenvalue weighted by molar-refractivity contribution is 0.0524. The van der Waals surface area contributed by atoms with E-state index in [0.29, 0.717) is 18.1 Å². The molecule has 0 radical (unpaired) electrons. The van der Waals surface area contributed by atoms with Gasteiger partial charge in [0.05, 0.1) is 17.9 Å². The maximum Gasteiger partial charge on any atom is 0.339 e. The number of hydrogen-bond acceptors (Lipinski definition) is 4. The van der Waals surface area contributed by atoms with Crippen molar-refractivity contribution in [2.45, 2.75) is 32.6 Å². The Labute approximate surface area is 107 Å². The number of hydrogen-bond donors (Lipinski definition) is 0. The van der Waals surface area contributed by atoms with Crippen molar-refractivity contribution in [1.29, 1.82) is 0 Å². The summed E-state index contributed by atoms with van der Waals surface area (Å²) < 4.78 is 10.3. The molecule has 2 heterocycles. The van der Waals surface area contributed by atoms with Gasteiger partial charge < -0.3 is 9.47 Å². The van der Waals surface area contributed by atoms with Crippen LogP contribution in [0, 0.1) is 6.92 Å². The third-order valence-corrected chi connectivity index (χ3v) is 3.24. The van der Waals surface area contributed by atoms with Crippen LogP contribution in [0.4, 0.5) is 0 Å². The highest BCUT2D eigenvalue weighted by atomic mass is 16.5. The van der Waals surface area contributed by atoms with Gasteiger partial charge in [0.15, 0.2) is 0 Å². The topological polar surface area (TPSA) is 48.4 Å². The van der Waals surface area contributed by atoms with Crippen LogP contribution in [-0.2, 0) is 9.47 Å². The Morgan fingerprint density at radius 1 is 1.44 bits per heavy atom. The van der Waals surface area contributed by atoms with E-state index in [9.17, 15) is 4.79 Å². The van der Waals surface area contributed by atoms with Gasteiger partial charge in [0.1, 0.15) is 0 Å². The molecule has 1 saturated heterocycles. The molecule has 1 aliphatic heterocycles. The van der Waals surface area contributed by atoms with Crippen LogP contribution in [0.3, 0.4) is 0 Å². The Bertz CT molecular complexity index is 425. The van der Waals surface area contributed by atoms with Gasteiger partial charge in [-0.1, -0.05) is 0 Å². The fourth-order valence-electron chi connectivity index (χ4n) is 2.23. The quantitative estimate of drug-likeness (QED) is 0.772. The number of aryl methyl sites for hydroxylation is 1. The van der Waals surface area contributed by atoms with Gasteiger partial charge in [0.2, 0.25) is 0 Å². The van der Waals surface area contributed by atoms with Crippen molar-refractivity contribution in [2.24, 2.45) is 0 Å². The number of ether oxygens (including phenoxy) is 2. The lowest BCUT2D eigenvalue weighted by atomic mass is 9.95. The molecule has 4 heteroatoms.